The van der Waals surface area contributed by atoms with Crippen LogP contribution in [0.3, 0.4) is 0 Å². The number of rotatable bonds is 1. The Morgan fingerprint density at radius 1 is 1.16 bits per heavy atom. The SMILES string of the molecule is CC(C)(C)OC(=O)N1CCC2(CC1)N=C(C1CCCCCC1)NC2=O. The zero-order valence-electron chi connectivity index (χ0n) is 15.8. The van der Waals surface area contributed by atoms with Gasteiger partial charge in [-0.25, -0.2) is 4.79 Å². The van der Waals surface area contributed by atoms with Crippen LogP contribution in [0.15, 0.2) is 4.99 Å². The van der Waals surface area contributed by atoms with Gasteiger partial charge in [-0.2, -0.15) is 0 Å². The van der Waals surface area contributed by atoms with Crippen LogP contribution in [0.5, 0.6) is 0 Å². The van der Waals surface area contributed by atoms with Gasteiger partial charge in [0.15, 0.2) is 0 Å². The number of carbonyl (C=O) groups excluding carboxylic acids is 2. The van der Waals surface area contributed by atoms with Gasteiger partial charge in [0.1, 0.15) is 17.0 Å². The van der Waals surface area contributed by atoms with E-state index in [0.717, 1.165) is 18.7 Å². The van der Waals surface area contributed by atoms with E-state index in [1.165, 1.54) is 25.7 Å². The Kier molecular flexibility index (Phi) is 5.07. The molecule has 0 aromatic carbocycles. The van der Waals surface area contributed by atoms with E-state index in [0.29, 0.717) is 31.8 Å². The first-order chi connectivity index (χ1) is 11.8. The van der Waals surface area contributed by atoms with E-state index in [-0.39, 0.29) is 12.0 Å². The molecule has 1 spiro atoms. The highest BCUT2D eigenvalue weighted by Gasteiger charge is 2.47. The highest BCUT2D eigenvalue weighted by atomic mass is 16.6. The van der Waals surface area contributed by atoms with Crippen molar-refractivity contribution < 1.29 is 14.3 Å². The van der Waals surface area contributed by atoms with Gasteiger partial charge in [0.25, 0.3) is 5.91 Å². The van der Waals surface area contributed by atoms with Crippen LogP contribution in [-0.4, -0.2) is 47.0 Å². The van der Waals surface area contributed by atoms with Crippen molar-refractivity contribution in [3.05, 3.63) is 0 Å². The number of amides is 2. The second kappa shape index (κ2) is 6.96. The molecule has 0 radical (unpaired) electrons. The van der Waals surface area contributed by atoms with Gasteiger partial charge < -0.3 is 15.0 Å². The second-order valence-electron chi connectivity index (χ2n) is 8.64. The van der Waals surface area contributed by atoms with Gasteiger partial charge in [0, 0.05) is 19.0 Å². The third-order valence-corrected chi connectivity index (χ3v) is 5.48. The topological polar surface area (TPSA) is 71.0 Å². The fraction of sp³-hybridized carbons (Fsp3) is 0.842. The monoisotopic (exact) mass is 349 g/mol. The minimum atomic E-state index is -0.667. The summed E-state index contributed by atoms with van der Waals surface area (Å²) in [7, 11) is 0. The predicted molar refractivity (Wildman–Crippen MR) is 96.5 cm³/mol. The van der Waals surface area contributed by atoms with E-state index in [2.05, 4.69) is 5.32 Å². The largest absolute Gasteiger partial charge is 0.444 e. The van der Waals surface area contributed by atoms with E-state index in [9.17, 15) is 9.59 Å². The van der Waals surface area contributed by atoms with Crippen molar-refractivity contribution in [1.82, 2.24) is 10.2 Å². The summed E-state index contributed by atoms with van der Waals surface area (Å²) in [5.74, 6) is 1.32. The van der Waals surface area contributed by atoms with Gasteiger partial charge in [0.2, 0.25) is 0 Å². The van der Waals surface area contributed by atoms with Gasteiger partial charge in [-0.1, -0.05) is 25.7 Å². The molecule has 0 aromatic heterocycles. The maximum absolute atomic E-state index is 12.6. The van der Waals surface area contributed by atoms with Crippen molar-refractivity contribution in [2.45, 2.75) is 83.3 Å². The van der Waals surface area contributed by atoms with Gasteiger partial charge >= 0.3 is 6.09 Å². The van der Waals surface area contributed by atoms with Crippen LogP contribution in [0, 0.1) is 5.92 Å². The van der Waals surface area contributed by atoms with Gasteiger partial charge in [-0.15, -0.1) is 0 Å². The number of nitrogens with one attached hydrogen (secondary N) is 1. The molecule has 1 saturated heterocycles. The van der Waals surface area contributed by atoms with Crippen LogP contribution >= 0.6 is 0 Å². The maximum atomic E-state index is 12.6. The van der Waals surface area contributed by atoms with Crippen molar-refractivity contribution >= 4 is 17.8 Å². The third-order valence-electron chi connectivity index (χ3n) is 5.48. The molecule has 25 heavy (non-hydrogen) atoms. The lowest BCUT2D eigenvalue weighted by atomic mass is 9.88. The lowest BCUT2D eigenvalue weighted by molar-refractivity contribution is -0.125. The number of aliphatic imine (C=N–C) groups is 1. The maximum Gasteiger partial charge on any atom is 0.410 e. The Morgan fingerprint density at radius 3 is 2.32 bits per heavy atom. The van der Waals surface area contributed by atoms with Gasteiger partial charge in [0.05, 0.1) is 0 Å². The molecule has 0 bridgehead atoms. The van der Waals surface area contributed by atoms with Crippen LogP contribution in [0.2, 0.25) is 0 Å². The standard InChI is InChI=1S/C19H31N3O3/c1-18(2,3)25-17(24)22-12-10-19(11-13-22)16(23)20-15(21-19)14-8-6-4-5-7-9-14/h14H,4-13H2,1-3H3,(H,20,21,23). The molecule has 1 saturated carbocycles. The molecule has 2 fully saturated rings. The van der Waals surface area contributed by atoms with E-state index >= 15 is 0 Å². The normalized spacial score (nSPS) is 24.7. The van der Waals surface area contributed by atoms with Gasteiger partial charge in [-0.05, 0) is 46.5 Å². The number of carbonyl (C=O) groups is 2. The number of nitrogens with zero attached hydrogens (tertiary/aromatic N) is 2. The molecule has 3 aliphatic rings. The summed E-state index contributed by atoms with van der Waals surface area (Å²) < 4.78 is 5.44. The van der Waals surface area contributed by atoms with Crippen LogP contribution in [0.25, 0.3) is 0 Å². The first-order valence-corrected chi connectivity index (χ1v) is 9.68. The molecule has 0 aromatic rings. The Hall–Kier alpha value is -1.59. The molecule has 2 amide bonds. The Morgan fingerprint density at radius 2 is 1.76 bits per heavy atom. The number of amidine groups is 1. The number of ether oxygens (including phenoxy) is 1. The summed E-state index contributed by atoms with van der Waals surface area (Å²) in [5.41, 5.74) is -1.16. The fourth-order valence-electron chi connectivity index (χ4n) is 4.01. The summed E-state index contributed by atoms with van der Waals surface area (Å²) >= 11 is 0. The van der Waals surface area contributed by atoms with E-state index in [4.69, 9.17) is 9.73 Å². The average molecular weight is 349 g/mol. The summed E-state index contributed by atoms with van der Waals surface area (Å²) in [6.07, 6.45) is 8.12. The zero-order chi connectivity index (χ0) is 18.1. The summed E-state index contributed by atoms with van der Waals surface area (Å²) in [5, 5.41) is 3.07. The molecule has 140 valence electrons. The number of likely N-dealkylation sites (tertiary alicyclic amines) is 1. The average Bonchev–Trinajstić information content (AvgIpc) is 2.74. The van der Waals surface area contributed by atoms with Crippen molar-refractivity contribution in [2.75, 3.05) is 13.1 Å². The molecule has 0 atom stereocenters. The molecule has 6 nitrogen and oxygen atoms in total. The lowest BCUT2D eigenvalue weighted by Crippen LogP contribution is -2.51. The molecule has 3 rings (SSSR count). The van der Waals surface area contributed by atoms with Crippen molar-refractivity contribution in [2.24, 2.45) is 10.9 Å². The fourth-order valence-corrected chi connectivity index (χ4v) is 4.01. The molecule has 2 aliphatic heterocycles. The van der Waals surface area contributed by atoms with E-state index in [1.807, 2.05) is 20.8 Å². The lowest BCUT2D eigenvalue weighted by Gasteiger charge is -2.36. The first kappa shape index (κ1) is 18.2. The Labute approximate surface area is 150 Å². The quantitative estimate of drug-likeness (QED) is 0.739. The van der Waals surface area contributed by atoms with Crippen molar-refractivity contribution in [1.29, 1.82) is 0 Å². The number of hydrogen-bond donors (Lipinski definition) is 1. The van der Waals surface area contributed by atoms with E-state index < -0.39 is 11.1 Å². The summed E-state index contributed by atoms with van der Waals surface area (Å²) in [4.78, 5) is 31.4. The molecule has 6 heteroatoms. The zero-order valence-corrected chi connectivity index (χ0v) is 15.8. The highest BCUT2D eigenvalue weighted by molar-refractivity contribution is 6.09. The minimum Gasteiger partial charge on any atom is -0.444 e. The Bertz CT molecular complexity index is 549. The Balaban J connectivity index is 1.63. The first-order valence-electron chi connectivity index (χ1n) is 9.68. The van der Waals surface area contributed by atoms with Crippen molar-refractivity contribution in [3.8, 4) is 0 Å². The van der Waals surface area contributed by atoms with Crippen LogP contribution in [-0.2, 0) is 9.53 Å². The molecular formula is C19H31N3O3. The molecule has 1 N–H and O–H groups in total. The summed E-state index contributed by atoms with van der Waals surface area (Å²) in [6.45, 7) is 6.63. The van der Waals surface area contributed by atoms with Crippen LogP contribution < -0.4 is 5.32 Å². The second-order valence-corrected chi connectivity index (χ2v) is 8.64. The van der Waals surface area contributed by atoms with Crippen molar-refractivity contribution in [3.63, 3.8) is 0 Å². The number of piperidine rings is 1. The molecule has 2 heterocycles. The highest BCUT2D eigenvalue weighted by Crippen LogP contribution is 2.34. The van der Waals surface area contributed by atoms with E-state index in [1.54, 1.807) is 4.90 Å². The molecular weight excluding hydrogens is 318 g/mol. The summed E-state index contributed by atoms with van der Waals surface area (Å²) in [6, 6.07) is 0. The molecule has 1 aliphatic carbocycles. The minimum absolute atomic E-state index is 0.0237. The van der Waals surface area contributed by atoms with Gasteiger partial charge in [-0.3, -0.25) is 9.79 Å². The van der Waals surface area contributed by atoms with Crippen LogP contribution in [0.4, 0.5) is 4.79 Å². The third kappa shape index (κ3) is 4.15. The number of hydrogen-bond acceptors (Lipinski definition) is 4. The predicted octanol–water partition coefficient (Wildman–Crippen LogP) is 3.25. The van der Waals surface area contributed by atoms with Crippen LogP contribution in [0.1, 0.15) is 72.1 Å². The smallest absolute Gasteiger partial charge is 0.410 e. The molecule has 0 unspecified atom stereocenters.